The zero-order valence-electron chi connectivity index (χ0n) is 22.4. The summed E-state index contributed by atoms with van der Waals surface area (Å²) in [6, 6.07) is 34.8. The molecule has 0 spiro atoms. The number of amides is 2. The van der Waals surface area contributed by atoms with Crippen molar-refractivity contribution in [2.45, 2.75) is 0 Å². The quantitative estimate of drug-likeness (QED) is 0.155. The molecule has 1 aliphatic rings. The van der Waals surface area contributed by atoms with Crippen molar-refractivity contribution in [1.82, 2.24) is 9.13 Å². The van der Waals surface area contributed by atoms with Gasteiger partial charge in [-0.15, -0.1) is 0 Å². The van der Waals surface area contributed by atoms with Crippen LogP contribution in [0.15, 0.2) is 132 Å². The minimum absolute atomic E-state index is 0.00125. The average Bonchev–Trinajstić information content (AvgIpc) is 3.03. The van der Waals surface area contributed by atoms with Gasteiger partial charge in [0.2, 0.25) is 5.88 Å². The molecule has 2 heterocycles. The first-order chi connectivity index (χ1) is 20.9. The molecule has 5 aromatic rings. The van der Waals surface area contributed by atoms with Crippen molar-refractivity contribution in [3.05, 3.63) is 148 Å². The van der Waals surface area contributed by atoms with Crippen LogP contribution in [0.4, 0.5) is 11.4 Å². The molecule has 43 heavy (non-hydrogen) atoms. The third-order valence-corrected chi connectivity index (χ3v) is 7.59. The van der Waals surface area contributed by atoms with Crippen molar-refractivity contribution in [1.29, 1.82) is 0 Å². The number of carbonyl (C=O) groups is 2. The predicted octanol–water partition coefficient (Wildman–Crippen LogP) is 5.81. The number of benzene rings is 4. The number of rotatable bonds is 5. The number of hydrogen-bond donors (Lipinski definition) is 1. The van der Waals surface area contributed by atoms with E-state index in [2.05, 4.69) is 0 Å². The molecule has 0 saturated carbocycles. The third-order valence-electron chi connectivity index (χ3n) is 6.86. The van der Waals surface area contributed by atoms with Gasteiger partial charge in [-0.05, 0) is 79.0 Å². The second-order valence-electron chi connectivity index (χ2n) is 9.46. The van der Waals surface area contributed by atoms with E-state index in [1.807, 2.05) is 0 Å². The zero-order chi connectivity index (χ0) is 30.1. The summed E-state index contributed by atoms with van der Waals surface area (Å²) in [6.07, 6.45) is 1.11. The van der Waals surface area contributed by atoms with E-state index < -0.39 is 23.3 Å². The van der Waals surface area contributed by atoms with Crippen molar-refractivity contribution in [3.63, 3.8) is 0 Å². The molecule has 1 fully saturated rings. The molecular weight excluding hydrogens is 581 g/mol. The van der Waals surface area contributed by atoms with Crippen molar-refractivity contribution >= 4 is 58.8 Å². The van der Waals surface area contributed by atoms with Gasteiger partial charge in [-0.25, -0.2) is 0 Å². The van der Waals surface area contributed by atoms with Gasteiger partial charge in [-0.1, -0.05) is 72.8 Å². The molecule has 2 amide bonds. The molecule has 1 N–H and O–H groups in total. The van der Waals surface area contributed by atoms with E-state index in [9.17, 15) is 19.5 Å². The smallest absolute Gasteiger partial charge is 0.270 e. The van der Waals surface area contributed by atoms with Crippen molar-refractivity contribution in [2.24, 2.45) is 0 Å². The number of hydrogen-bond acceptors (Lipinski definition) is 6. The van der Waals surface area contributed by atoms with E-state index >= 15 is 0 Å². The number of para-hydroxylation sites is 4. The Morgan fingerprint density at radius 2 is 0.907 bits per heavy atom. The summed E-state index contributed by atoms with van der Waals surface area (Å²) in [6.45, 7) is 0. The van der Waals surface area contributed by atoms with Crippen LogP contribution in [0.5, 0.6) is 5.88 Å². The molecule has 0 atom stereocenters. The van der Waals surface area contributed by atoms with Crippen molar-refractivity contribution in [2.75, 3.05) is 9.80 Å². The molecule has 10 heteroatoms. The first-order valence-electron chi connectivity index (χ1n) is 13.1. The summed E-state index contributed by atoms with van der Waals surface area (Å²) in [5.41, 5.74) is 0.414. The first-order valence-corrected chi connectivity index (χ1v) is 14.0. The lowest BCUT2D eigenvalue weighted by Gasteiger charge is -2.36. The fourth-order valence-corrected chi connectivity index (χ4v) is 5.60. The van der Waals surface area contributed by atoms with E-state index in [0.29, 0.717) is 22.7 Å². The minimum Gasteiger partial charge on any atom is -0.494 e. The van der Waals surface area contributed by atoms with Gasteiger partial charge in [-0.2, -0.15) is 0 Å². The Morgan fingerprint density at radius 1 is 0.535 bits per heavy atom. The number of aromatic nitrogens is 2. The normalized spacial score (nSPS) is 13.4. The molecule has 1 aliphatic heterocycles. The Bertz CT molecular complexity index is 1960. The monoisotopic (exact) mass is 602 g/mol. The van der Waals surface area contributed by atoms with E-state index in [4.69, 9.17) is 24.4 Å². The Labute approximate surface area is 256 Å². The van der Waals surface area contributed by atoms with Crippen LogP contribution >= 0.6 is 24.4 Å². The van der Waals surface area contributed by atoms with E-state index in [1.165, 1.54) is 18.9 Å². The van der Waals surface area contributed by atoms with Gasteiger partial charge in [0, 0.05) is 0 Å². The average molecular weight is 603 g/mol. The molecule has 4 aromatic carbocycles. The Kier molecular flexibility index (Phi) is 7.37. The van der Waals surface area contributed by atoms with Crippen LogP contribution in [0, 0.1) is 4.77 Å². The van der Waals surface area contributed by atoms with Crippen LogP contribution in [-0.4, -0.2) is 31.2 Å². The summed E-state index contributed by atoms with van der Waals surface area (Å²) in [4.78, 5) is 44.6. The lowest BCUT2D eigenvalue weighted by molar-refractivity contribution is -0.120. The van der Waals surface area contributed by atoms with Gasteiger partial charge < -0.3 is 5.11 Å². The van der Waals surface area contributed by atoms with Gasteiger partial charge in [0.15, 0.2) is 9.88 Å². The van der Waals surface area contributed by atoms with Gasteiger partial charge in [-0.3, -0.25) is 33.3 Å². The van der Waals surface area contributed by atoms with Gasteiger partial charge >= 0.3 is 0 Å². The van der Waals surface area contributed by atoms with Crippen LogP contribution in [0.3, 0.4) is 0 Å². The predicted molar refractivity (Wildman–Crippen MR) is 172 cm³/mol. The standard InChI is InChI=1S/C33H22N4O4S2/c38-28-26(29(39)35(23-15-7-2-8-16-23)32(42)34(28)22-13-5-1-6-14-22)21-27-30(40)36(24-17-9-3-10-18-24)33(43)37(31(27)41)25-19-11-4-12-20-25/h1-21,38H. The van der Waals surface area contributed by atoms with Crippen LogP contribution in [-0.2, 0) is 9.59 Å². The Morgan fingerprint density at radius 3 is 1.33 bits per heavy atom. The first kappa shape index (κ1) is 27.7. The summed E-state index contributed by atoms with van der Waals surface area (Å²) >= 11 is 11.4. The molecule has 8 nitrogen and oxygen atoms in total. The highest BCUT2D eigenvalue weighted by molar-refractivity contribution is 7.81. The molecule has 0 bridgehead atoms. The lowest BCUT2D eigenvalue weighted by Crippen LogP contribution is -2.57. The van der Waals surface area contributed by atoms with Crippen LogP contribution in [0.25, 0.3) is 17.5 Å². The molecule has 210 valence electrons. The number of thiocarbonyl (C=S) groups is 1. The molecule has 0 radical (unpaired) electrons. The maximum absolute atomic E-state index is 14.1. The maximum Gasteiger partial charge on any atom is 0.270 e. The molecule has 1 aromatic heterocycles. The molecule has 0 aliphatic carbocycles. The summed E-state index contributed by atoms with van der Waals surface area (Å²) in [5, 5.41) is 11.5. The van der Waals surface area contributed by atoms with Crippen LogP contribution in [0.1, 0.15) is 5.56 Å². The fraction of sp³-hybridized carbons (Fsp3) is 0. The lowest BCUT2D eigenvalue weighted by atomic mass is 10.1. The maximum atomic E-state index is 14.1. The largest absolute Gasteiger partial charge is 0.494 e. The van der Waals surface area contributed by atoms with Crippen molar-refractivity contribution in [3.8, 4) is 17.3 Å². The summed E-state index contributed by atoms with van der Waals surface area (Å²) in [7, 11) is 0. The van der Waals surface area contributed by atoms with Crippen LogP contribution in [0.2, 0.25) is 0 Å². The summed E-state index contributed by atoms with van der Waals surface area (Å²) in [5.74, 6) is -2.01. The Balaban J connectivity index is 1.64. The van der Waals surface area contributed by atoms with Crippen LogP contribution < -0.4 is 15.4 Å². The Hall–Kier alpha value is -5.45. The topological polar surface area (TPSA) is 87.8 Å². The number of carbonyl (C=O) groups excluding carboxylic acids is 2. The van der Waals surface area contributed by atoms with Gasteiger partial charge in [0.05, 0.1) is 22.7 Å². The van der Waals surface area contributed by atoms with Gasteiger partial charge in [0.1, 0.15) is 11.1 Å². The highest BCUT2D eigenvalue weighted by Crippen LogP contribution is 2.31. The number of aromatic hydroxyl groups is 1. The minimum atomic E-state index is -0.743. The molecular formula is C33H22N4O4S2. The second kappa shape index (κ2) is 11.4. The van der Waals surface area contributed by atoms with Crippen molar-refractivity contribution < 1.29 is 14.7 Å². The second-order valence-corrected chi connectivity index (χ2v) is 10.2. The molecule has 6 rings (SSSR count). The number of anilines is 2. The molecule has 1 saturated heterocycles. The summed E-state index contributed by atoms with van der Waals surface area (Å²) < 4.78 is 2.57. The molecule has 0 unspecified atom stereocenters. The highest BCUT2D eigenvalue weighted by Gasteiger charge is 2.41. The van der Waals surface area contributed by atoms with E-state index in [1.54, 1.807) is 121 Å². The third kappa shape index (κ3) is 4.88. The van der Waals surface area contributed by atoms with E-state index in [-0.39, 0.29) is 21.0 Å². The fourth-order valence-electron chi connectivity index (χ4n) is 4.84. The van der Waals surface area contributed by atoms with E-state index in [0.717, 1.165) is 6.08 Å². The van der Waals surface area contributed by atoms with Gasteiger partial charge in [0.25, 0.3) is 17.4 Å². The zero-order valence-corrected chi connectivity index (χ0v) is 24.0. The SMILES string of the molecule is O=C1C(=Cc2c(O)n(-c3ccccc3)c(=S)n(-c3ccccc3)c2=O)C(=O)N(c2ccccc2)C(=S)N1c1ccccc1. The number of nitrogens with zero attached hydrogens (tertiary/aromatic N) is 4. The highest BCUT2D eigenvalue weighted by atomic mass is 32.1.